The quantitative estimate of drug-likeness (QED) is 0.236. The summed E-state index contributed by atoms with van der Waals surface area (Å²) in [7, 11) is 1.80. The lowest BCUT2D eigenvalue weighted by Gasteiger charge is -2.24. The maximum absolute atomic E-state index is 10.6. The van der Waals surface area contributed by atoms with E-state index in [1.54, 1.807) is 12.1 Å². The first-order valence-electron chi connectivity index (χ1n) is 13.4. The summed E-state index contributed by atoms with van der Waals surface area (Å²) < 4.78 is 7.93. The Morgan fingerprint density at radius 3 is 2.26 bits per heavy atom. The van der Waals surface area contributed by atoms with Crippen LogP contribution in [-0.4, -0.2) is 39.9 Å². The Morgan fingerprint density at radius 2 is 1.71 bits per heavy atom. The van der Waals surface area contributed by atoms with Gasteiger partial charge >= 0.3 is 0 Å². The molecular formula is C31H41N5O2. The molecule has 1 aliphatic heterocycles. The van der Waals surface area contributed by atoms with Gasteiger partial charge in [-0.15, -0.1) is 0 Å². The van der Waals surface area contributed by atoms with Gasteiger partial charge in [-0.25, -0.2) is 5.84 Å². The Labute approximate surface area is 225 Å². The van der Waals surface area contributed by atoms with E-state index in [0.717, 1.165) is 77.1 Å². The summed E-state index contributed by atoms with van der Waals surface area (Å²) in [5, 5.41) is 13.3. The number of hydrazine groups is 1. The molecule has 0 unspecified atom stereocenters. The maximum Gasteiger partial charge on any atom is 0.0960 e. The molecule has 2 aromatic carbocycles. The van der Waals surface area contributed by atoms with Crippen molar-refractivity contribution in [1.29, 1.82) is 0 Å². The summed E-state index contributed by atoms with van der Waals surface area (Å²) in [5.74, 6) is 6.67. The number of ether oxygens (including phenoxy) is 1. The minimum absolute atomic E-state index is 0.532. The third kappa shape index (κ3) is 6.18. The predicted molar refractivity (Wildman–Crippen MR) is 156 cm³/mol. The lowest BCUT2D eigenvalue weighted by atomic mass is 9.97. The molecular weight excluding hydrogens is 474 g/mol. The fraction of sp³-hybridized carbons (Fsp3) is 0.387. The van der Waals surface area contributed by atoms with Crippen LogP contribution >= 0.6 is 0 Å². The molecule has 202 valence electrons. The monoisotopic (exact) mass is 515 g/mol. The molecule has 0 amide bonds. The number of pyridine rings is 1. The first kappa shape index (κ1) is 27.6. The Bertz CT molecular complexity index is 1350. The highest BCUT2D eigenvalue weighted by molar-refractivity contribution is 6.06. The van der Waals surface area contributed by atoms with Gasteiger partial charge in [0.05, 0.1) is 27.8 Å². The van der Waals surface area contributed by atoms with Crippen LogP contribution < -0.4 is 11.6 Å². The van der Waals surface area contributed by atoms with Gasteiger partial charge < -0.3 is 25.2 Å². The smallest absolute Gasteiger partial charge is 0.0960 e. The van der Waals surface area contributed by atoms with Crippen LogP contribution in [0.2, 0.25) is 0 Å². The Hall–Kier alpha value is -3.39. The number of aromatic nitrogens is 2. The Balaban J connectivity index is 0.000000494. The summed E-state index contributed by atoms with van der Waals surface area (Å²) >= 11 is 0. The van der Waals surface area contributed by atoms with Crippen molar-refractivity contribution in [2.45, 2.75) is 52.2 Å². The SMILES string of the molecule is CC/C(N)=C(\c1cnc2c3ccc(C(C)(C)O)cc3n(CC3CCOCC3)c2c1)N(C)N.c1ccccc1. The molecule has 2 aromatic heterocycles. The van der Waals surface area contributed by atoms with Crippen LogP contribution in [0.3, 0.4) is 0 Å². The van der Waals surface area contributed by atoms with Gasteiger partial charge in [-0.05, 0) is 56.7 Å². The highest BCUT2D eigenvalue weighted by Gasteiger charge is 2.23. The van der Waals surface area contributed by atoms with Gasteiger partial charge in [-0.1, -0.05) is 55.5 Å². The molecule has 5 N–H and O–H groups in total. The summed E-state index contributed by atoms with van der Waals surface area (Å²) in [5.41, 5.74) is 11.8. The summed E-state index contributed by atoms with van der Waals surface area (Å²) in [6.45, 7) is 8.14. The van der Waals surface area contributed by atoms with Gasteiger partial charge in [0.25, 0.3) is 0 Å². The van der Waals surface area contributed by atoms with Crippen LogP contribution in [0.5, 0.6) is 0 Å². The van der Waals surface area contributed by atoms with Crippen LogP contribution in [0.25, 0.3) is 27.6 Å². The van der Waals surface area contributed by atoms with Gasteiger partial charge in [0.2, 0.25) is 0 Å². The minimum atomic E-state index is -0.916. The van der Waals surface area contributed by atoms with Crippen LogP contribution in [-0.2, 0) is 16.9 Å². The number of aliphatic hydroxyl groups is 1. The fourth-order valence-corrected chi connectivity index (χ4v) is 5.01. The average molecular weight is 516 g/mol. The predicted octanol–water partition coefficient (Wildman–Crippen LogP) is 5.37. The molecule has 0 saturated carbocycles. The molecule has 4 aromatic rings. The third-order valence-corrected chi connectivity index (χ3v) is 7.17. The lowest BCUT2D eigenvalue weighted by Crippen LogP contribution is -2.27. The van der Waals surface area contributed by atoms with Crippen molar-refractivity contribution in [3.05, 3.63) is 83.7 Å². The lowest BCUT2D eigenvalue weighted by molar-refractivity contribution is 0.0619. The van der Waals surface area contributed by atoms with E-state index in [4.69, 9.17) is 21.3 Å². The number of nitrogens with zero attached hydrogens (tertiary/aromatic N) is 3. The largest absolute Gasteiger partial charge is 0.400 e. The highest BCUT2D eigenvalue weighted by Crippen LogP contribution is 2.34. The van der Waals surface area contributed by atoms with E-state index in [0.29, 0.717) is 12.3 Å². The van der Waals surface area contributed by atoms with E-state index in [1.807, 2.05) is 69.4 Å². The van der Waals surface area contributed by atoms with Crippen LogP contribution in [0.15, 0.2) is 72.6 Å². The van der Waals surface area contributed by atoms with Gasteiger partial charge in [-0.2, -0.15) is 0 Å². The molecule has 38 heavy (non-hydrogen) atoms. The van der Waals surface area contributed by atoms with E-state index < -0.39 is 5.60 Å². The fourth-order valence-electron chi connectivity index (χ4n) is 5.01. The normalized spacial score (nSPS) is 15.2. The van der Waals surface area contributed by atoms with Gasteiger partial charge in [0, 0.05) is 49.6 Å². The molecule has 5 rings (SSSR count). The number of benzene rings is 2. The second-order valence-electron chi connectivity index (χ2n) is 10.5. The van der Waals surface area contributed by atoms with Crippen molar-refractivity contribution in [1.82, 2.24) is 14.6 Å². The standard InChI is InChI=1S/C25H35N5O2.C6H6/c1-5-20(26)24(29(4)27)17-12-22-23(28-14-17)19-7-6-18(25(2,3)31)13-21(19)30(22)15-16-8-10-32-11-9-16;1-2-4-6-5-3-1/h6-7,12-14,16,31H,5,8-11,15,26-27H2,1-4H3;1-6H/b24-20-;. The first-order valence-corrected chi connectivity index (χ1v) is 13.4. The third-order valence-electron chi connectivity index (χ3n) is 7.17. The van der Waals surface area contributed by atoms with Crippen molar-refractivity contribution in [2.75, 3.05) is 20.3 Å². The van der Waals surface area contributed by atoms with Gasteiger partial charge in [0.15, 0.2) is 0 Å². The zero-order valence-electron chi connectivity index (χ0n) is 23.0. The number of nitrogens with two attached hydrogens (primary N) is 2. The summed E-state index contributed by atoms with van der Waals surface area (Å²) in [4.78, 5) is 4.85. The zero-order valence-corrected chi connectivity index (χ0v) is 23.0. The first-order chi connectivity index (χ1) is 18.2. The summed E-state index contributed by atoms with van der Waals surface area (Å²) in [6.07, 6.45) is 4.64. The van der Waals surface area contributed by atoms with Crippen LogP contribution in [0.4, 0.5) is 0 Å². The number of rotatable bonds is 6. The molecule has 7 heteroatoms. The van der Waals surface area contributed by atoms with E-state index in [2.05, 4.69) is 22.8 Å². The number of hydrogen-bond donors (Lipinski definition) is 3. The maximum atomic E-state index is 10.6. The van der Waals surface area contributed by atoms with Crippen molar-refractivity contribution >= 4 is 27.6 Å². The molecule has 1 aliphatic rings. The highest BCUT2D eigenvalue weighted by atomic mass is 16.5. The van der Waals surface area contributed by atoms with Crippen molar-refractivity contribution < 1.29 is 9.84 Å². The molecule has 0 aliphatic carbocycles. The van der Waals surface area contributed by atoms with Crippen LogP contribution in [0.1, 0.15) is 51.2 Å². The minimum Gasteiger partial charge on any atom is -0.400 e. The summed E-state index contributed by atoms with van der Waals surface area (Å²) in [6, 6.07) is 20.3. The number of allylic oxidation sites excluding steroid dienone is 1. The molecule has 0 spiro atoms. The van der Waals surface area contributed by atoms with Crippen molar-refractivity contribution in [3.63, 3.8) is 0 Å². The van der Waals surface area contributed by atoms with E-state index >= 15 is 0 Å². The van der Waals surface area contributed by atoms with Crippen molar-refractivity contribution in [3.8, 4) is 0 Å². The Kier molecular flexibility index (Phi) is 8.72. The second-order valence-corrected chi connectivity index (χ2v) is 10.5. The zero-order chi connectivity index (χ0) is 27.3. The molecule has 1 saturated heterocycles. The topological polar surface area (TPSA) is 103 Å². The molecule has 3 heterocycles. The average Bonchev–Trinajstić information content (AvgIpc) is 3.22. The molecule has 0 bridgehead atoms. The second kappa shape index (κ2) is 12.0. The number of hydrogen-bond acceptors (Lipinski definition) is 6. The molecule has 0 radical (unpaired) electrons. The molecule has 7 nitrogen and oxygen atoms in total. The van der Waals surface area contributed by atoms with Crippen molar-refractivity contribution in [2.24, 2.45) is 17.5 Å². The molecule has 0 atom stereocenters. The van der Waals surface area contributed by atoms with E-state index in [1.165, 1.54) is 0 Å². The Morgan fingerprint density at radius 1 is 1.08 bits per heavy atom. The van der Waals surface area contributed by atoms with Gasteiger partial charge in [-0.3, -0.25) is 4.98 Å². The van der Waals surface area contributed by atoms with Crippen LogP contribution in [0, 0.1) is 5.92 Å². The van der Waals surface area contributed by atoms with E-state index in [9.17, 15) is 5.11 Å². The van der Waals surface area contributed by atoms with Gasteiger partial charge in [0.1, 0.15) is 0 Å². The number of fused-ring (bicyclic) bond motifs is 3. The van der Waals surface area contributed by atoms with E-state index in [-0.39, 0.29) is 0 Å². The molecule has 1 fully saturated rings.